The van der Waals surface area contributed by atoms with Gasteiger partial charge in [0.1, 0.15) is 60.9 Å². The molecule has 630 valence electrons. The zero-order chi connectivity index (χ0) is 83.5. The molecule has 0 saturated heterocycles. The molecule has 0 atom stereocenters. The fourth-order valence-electron chi connectivity index (χ4n) is 16.8. The standard InChI is InChI=1S/C108H114O14/c1-3-5-7-17-79-27-37-83(38-28-79)85-41-53-89(54-42-85)117-75-71-113-67-63-111-65-69-115-73-77-119-91-57-45-87(46-58-91)107(109)121-93-49-31-81(32-50-93)35-61-99-95-19-9-13-23-101(95)105(102-24-14-10-20-96(99)102)106-103-25-15-11-21-97(103)100(98-22-12-16-26-104(98)106)62-36-82-33-51-94(52-34-82)122-108(110)88-47-59-92(60-48-88)120-78-74-116-70-66-112-64-68-114-72-76-118-90-55-43-86(44-56-90)84-39-29-80(30-40-84)18-8-6-4-2/h9-16,19-26,31-34,41-60,79-80,83-84H,3-8,17-18,27-30,37-40,63-78H2,1-2H3. The largest absolute Gasteiger partial charge is 0.491 e. The van der Waals surface area contributed by atoms with Crippen molar-refractivity contribution in [2.75, 3.05) is 106 Å². The van der Waals surface area contributed by atoms with Crippen LogP contribution in [0.5, 0.6) is 34.5 Å². The van der Waals surface area contributed by atoms with E-state index in [0.29, 0.717) is 152 Å². The van der Waals surface area contributed by atoms with Crippen LogP contribution in [-0.4, -0.2) is 118 Å². The average molecular weight is 1640 g/mol. The number of hydrogen-bond acceptors (Lipinski definition) is 14. The Kier molecular flexibility index (Phi) is 33.3. The van der Waals surface area contributed by atoms with Gasteiger partial charge in [0.15, 0.2) is 0 Å². The first kappa shape index (κ1) is 87.1. The van der Waals surface area contributed by atoms with E-state index in [-0.39, 0.29) is 0 Å². The molecule has 14 nitrogen and oxygen atoms in total. The topological polar surface area (TPSA) is 145 Å². The molecule has 12 aromatic rings. The summed E-state index contributed by atoms with van der Waals surface area (Å²) in [5.74, 6) is 20.1. The molecule has 2 aliphatic rings. The van der Waals surface area contributed by atoms with Gasteiger partial charge in [-0.15, -0.1) is 0 Å². The first-order valence-corrected chi connectivity index (χ1v) is 44.2. The molecule has 0 aliphatic heterocycles. The third-order valence-corrected chi connectivity index (χ3v) is 23.4. The Morgan fingerprint density at radius 1 is 0.270 bits per heavy atom. The molecule has 2 saturated carbocycles. The van der Waals surface area contributed by atoms with Crippen LogP contribution >= 0.6 is 0 Å². The number of benzene rings is 12. The highest BCUT2D eigenvalue weighted by Crippen LogP contribution is 2.47. The number of carbonyl (C=O) groups excluding carboxylic acids is 2. The fourth-order valence-corrected chi connectivity index (χ4v) is 16.8. The van der Waals surface area contributed by atoms with Crippen LogP contribution in [0.15, 0.2) is 243 Å². The van der Waals surface area contributed by atoms with Crippen molar-refractivity contribution in [2.24, 2.45) is 11.8 Å². The normalized spacial score (nSPS) is 15.1. The predicted molar refractivity (Wildman–Crippen MR) is 487 cm³/mol. The SMILES string of the molecule is CCCCCC1CCC(c2ccc(OCCOCCOCCOCCOc3ccc(C(=O)Oc4ccc(C#Cc5c6ccccc6c(-c6c7ccccc7c(C#Cc7ccc(OC(=O)c8ccc(OCCOCCOCCOCCOc9ccc(C%10CCC(CCCCC)CC%10)cc9)cc8)cc7)c7ccccc67)c6ccccc56)cc4)cc3)cc2)CC1. The van der Waals surface area contributed by atoms with E-state index >= 15 is 0 Å². The maximum atomic E-state index is 13.4. The van der Waals surface area contributed by atoms with Crippen molar-refractivity contribution in [1.82, 2.24) is 0 Å². The van der Waals surface area contributed by atoms with Crippen LogP contribution in [0, 0.1) is 35.5 Å². The smallest absolute Gasteiger partial charge is 0.343 e. The third-order valence-electron chi connectivity index (χ3n) is 23.4. The van der Waals surface area contributed by atoms with Crippen molar-refractivity contribution in [3.05, 3.63) is 287 Å². The Labute approximate surface area is 719 Å². The predicted octanol–water partition coefficient (Wildman–Crippen LogP) is 23.9. The van der Waals surface area contributed by atoms with Crippen molar-refractivity contribution in [3.8, 4) is 69.3 Å². The molecule has 0 amide bonds. The molecule has 0 radical (unpaired) electrons. The summed E-state index contributed by atoms with van der Waals surface area (Å²) in [6.07, 6.45) is 21.6. The Balaban J connectivity index is 0.499. The summed E-state index contributed by atoms with van der Waals surface area (Å²) in [6.45, 7) is 11.7. The molecule has 0 aromatic heterocycles. The van der Waals surface area contributed by atoms with Crippen LogP contribution in [-0.2, 0) is 28.4 Å². The second-order valence-electron chi connectivity index (χ2n) is 31.7. The minimum atomic E-state index is -0.486. The van der Waals surface area contributed by atoms with Crippen LogP contribution in [0.4, 0.5) is 0 Å². The van der Waals surface area contributed by atoms with Gasteiger partial charge in [-0.1, -0.05) is 210 Å². The number of esters is 2. The summed E-state index contributed by atoms with van der Waals surface area (Å²) in [5.41, 5.74) is 9.22. The monoisotopic (exact) mass is 1630 g/mol. The molecule has 0 heterocycles. The molecule has 2 aliphatic carbocycles. The lowest BCUT2D eigenvalue weighted by Crippen LogP contribution is -2.14. The molecular formula is C108H114O14. The minimum Gasteiger partial charge on any atom is -0.491 e. The second-order valence-corrected chi connectivity index (χ2v) is 31.7. The van der Waals surface area contributed by atoms with E-state index in [0.717, 1.165) is 99.8 Å². The van der Waals surface area contributed by atoms with Crippen LogP contribution in [0.3, 0.4) is 0 Å². The van der Waals surface area contributed by atoms with Gasteiger partial charge in [0.05, 0.1) is 90.4 Å². The van der Waals surface area contributed by atoms with Gasteiger partial charge in [-0.2, -0.15) is 0 Å². The van der Waals surface area contributed by atoms with Gasteiger partial charge in [0, 0.05) is 22.3 Å². The molecule has 0 unspecified atom stereocenters. The van der Waals surface area contributed by atoms with Gasteiger partial charge in [0.2, 0.25) is 0 Å². The first-order chi connectivity index (χ1) is 60.3. The van der Waals surface area contributed by atoms with E-state index in [9.17, 15) is 9.59 Å². The van der Waals surface area contributed by atoms with Crippen LogP contribution in [0.25, 0.3) is 54.2 Å². The molecular weight excluding hydrogens is 1520 g/mol. The van der Waals surface area contributed by atoms with Gasteiger partial charge in [-0.25, -0.2) is 9.59 Å². The van der Waals surface area contributed by atoms with E-state index in [1.54, 1.807) is 72.8 Å². The minimum absolute atomic E-state index is 0.343. The van der Waals surface area contributed by atoms with E-state index in [2.05, 4.69) is 183 Å². The molecule has 0 spiro atoms. The summed E-state index contributed by atoms with van der Waals surface area (Å²) < 4.78 is 69.5. The van der Waals surface area contributed by atoms with Crippen molar-refractivity contribution in [3.63, 3.8) is 0 Å². The van der Waals surface area contributed by atoms with Crippen LogP contribution < -0.4 is 28.4 Å². The Hall–Kier alpha value is -11.3. The van der Waals surface area contributed by atoms with Crippen molar-refractivity contribution >= 4 is 55.0 Å². The summed E-state index contributed by atoms with van der Waals surface area (Å²) >= 11 is 0. The molecule has 2 fully saturated rings. The van der Waals surface area contributed by atoms with E-state index in [1.165, 1.54) is 114 Å². The van der Waals surface area contributed by atoms with E-state index in [4.69, 9.17) is 56.8 Å². The maximum absolute atomic E-state index is 13.4. The Morgan fingerprint density at radius 2 is 0.525 bits per heavy atom. The molecule has 12 aromatic carbocycles. The lowest BCUT2D eigenvalue weighted by atomic mass is 9.77. The first-order valence-electron chi connectivity index (χ1n) is 44.2. The van der Waals surface area contributed by atoms with Crippen molar-refractivity contribution < 1.29 is 66.4 Å². The summed E-state index contributed by atoms with van der Waals surface area (Å²) in [5, 5.41) is 8.36. The lowest BCUT2D eigenvalue weighted by molar-refractivity contribution is 0.00499. The lowest BCUT2D eigenvalue weighted by Gasteiger charge is -2.29. The second kappa shape index (κ2) is 46.6. The van der Waals surface area contributed by atoms with Gasteiger partial charge < -0.3 is 56.8 Å². The molecule has 0 bridgehead atoms. The average Bonchev–Trinajstić information content (AvgIpc) is 0.717. The third kappa shape index (κ3) is 25.0. The van der Waals surface area contributed by atoms with Gasteiger partial charge in [0.25, 0.3) is 0 Å². The fraction of sp³-hybridized carbons (Fsp3) is 0.352. The van der Waals surface area contributed by atoms with Crippen LogP contribution in [0.1, 0.15) is 183 Å². The summed E-state index contributed by atoms with van der Waals surface area (Å²) in [6, 6.07) is 79.6. The highest BCUT2D eigenvalue weighted by atomic mass is 16.6. The summed E-state index contributed by atoms with van der Waals surface area (Å²) in [7, 11) is 0. The number of rotatable bonds is 43. The molecule has 122 heavy (non-hydrogen) atoms. The van der Waals surface area contributed by atoms with Crippen molar-refractivity contribution in [2.45, 2.75) is 128 Å². The van der Waals surface area contributed by atoms with Gasteiger partial charge in [-0.05, 0) is 262 Å². The number of hydrogen-bond donors (Lipinski definition) is 0. The molecule has 14 heteroatoms. The maximum Gasteiger partial charge on any atom is 0.343 e. The van der Waals surface area contributed by atoms with E-state index < -0.39 is 11.9 Å². The molecule has 14 rings (SSSR count). The van der Waals surface area contributed by atoms with Gasteiger partial charge in [-0.3, -0.25) is 0 Å². The van der Waals surface area contributed by atoms with Crippen molar-refractivity contribution in [1.29, 1.82) is 0 Å². The Morgan fingerprint density at radius 3 is 0.803 bits per heavy atom. The quantitative estimate of drug-likeness (QED) is 0.0117. The van der Waals surface area contributed by atoms with Crippen LogP contribution in [0.2, 0.25) is 0 Å². The Bertz CT molecular complexity index is 4960. The highest BCUT2D eigenvalue weighted by Gasteiger charge is 2.26. The number of carbonyl (C=O) groups is 2. The highest BCUT2D eigenvalue weighted by molar-refractivity contribution is 6.26. The number of ether oxygens (including phenoxy) is 12. The van der Waals surface area contributed by atoms with Gasteiger partial charge >= 0.3 is 11.9 Å². The summed E-state index contributed by atoms with van der Waals surface area (Å²) in [4.78, 5) is 26.7. The number of unbranched alkanes of at least 4 members (excludes halogenated alkanes) is 4. The number of fused-ring (bicyclic) bond motifs is 4. The zero-order valence-electron chi connectivity index (χ0n) is 70.7. The molecule has 0 N–H and O–H groups in total. The van der Waals surface area contributed by atoms with E-state index in [1.807, 2.05) is 24.3 Å². The zero-order valence-corrected chi connectivity index (χ0v) is 70.7.